The largest absolute Gasteiger partial charge is 0.476 e. The summed E-state index contributed by atoms with van der Waals surface area (Å²) in [6.45, 7) is 18.4. The lowest BCUT2D eigenvalue weighted by atomic mass is 9.90. The molecule has 0 unspecified atom stereocenters. The summed E-state index contributed by atoms with van der Waals surface area (Å²) in [6.07, 6.45) is -0.308. The van der Waals surface area contributed by atoms with Gasteiger partial charge in [-0.1, -0.05) is 80.9 Å². The molecule has 1 saturated heterocycles. The Kier molecular flexibility index (Phi) is 8.79. The van der Waals surface area contributed by atoms with Crippen LogP contribution in [0.15, 0.2) is 47.6 Å². The Morgan fingerprint density at radius 1 is 1.28 bits per heavy atom. The predicted octanol–water partition coefficient (Wildman–Crippen LogP) is 6.95. The van der Waals surface area contributed by atoms with Gasteiger partial charge in [0.1, 0.15) is 17.8 Å². The number of amides is 1. The molecule has 32 heavy (non-hydrogen) atoms. The average molecular weight is 515 g/mol. The number of halogens is 2. The number of carbonyl (C=O) groups is 1. The van der Waals surface area contributed by atoms with E-state index in [1.165, 1.54) is 4.90 Å². The van der Waals surface area contributed by atoms with Crippen molar-refractivity contribution in [3.05, 3.63) is 53.2 Å². The van der Waals surface area contributed by atoms with Crippen molar-refractivity contribution in [1.29, 1.82) is 0 Å². The molecule has 0 N–H and O–H groups in total. The normalized spacial score (nSPS) is 20.9. The molecule has 3 atom stereocenters. The summed E-state index contributed by atoms with van der Waals surface area (Å²) in [5, 5.41) is 0.503. The third kappa shape index (κ3) is 5.84. The van der Waals surface area contributed by atoms with Crippen LogP contribution in [0.1, 0.15) is 40.2 Å². The van der Waals surface area contributed by atoms with Gasteiger partial charge in [-0.05, 0) is 55.3 Å². The van der Waals surface area contributed by atoms with Crippen LogP contribution in [0.25, 0.3) is 5.57 Å². The summed E-state index contributed by atoms with van der Waals surface area (Å²) in [5.41, 5.74) is 1.59. The van der Waals surface area contributed by atoms with Gasteiger partial charge in [0, 0.05) is 5.03 Å². The van der Waals surface area contributed by atoms with Crippen LogP contribution in [0.3, 0.4) is 0 Å². The Balaban J connectivity index is 2.35. The second kappa shape index (κ2) is 10.4. The molecule has 4 nitrogen and oxygen atoms in total. The van der Waals surface area contributed by atoms with E-state index >= 15 is 0 Å². The maximum Gasteiger partial charge on any atom is 0.237 e. The molecule has 0 spiro atoms. The van der Waals surface area contributed by atoms with Crippen LogP contribution in [0.2, 0.25) is 18.1 Å². The molecule has 1 aliphatic rings. The van der Waals surface area contributed by atoms with Crippen LogP contribution < -0.4 is 0 Å². The highest BCUT2D eigenvalue weighted by Gasteiger charge is 2.54. The average Bonchev–Trinajstić information content (AvgIpc) is 2.69. The van der Waals surface area contributed by atoms with Crippen molar-refractivity contribution in [2.24, 2.45) is 5.92 Å². The topological polar surface area (TPSA) is 38.8 Å². The molecular weight excluding hydrogens is 481 g/mol. The first-order valence-electron chi connectivity index (χ1n) is 10.6. The highest BCUT2D eigenvalue weighted by atomic mass is 35.5. The third-order valence-electron chi connectivity index (χ3n) is 6.21. The van der Waals surface area contributed by atoms with E-state index in [2.05, 4.69) is 40.4 Å². The minimum absolute atomic E-state index is 0.0316. The van der Waals surface area contributed by atoms with Crippen LogP contribution in [-0.4, -0.2) is 42.4 Å². The van der Waals surface area contributed by atoms with E-state index in [0.29, 0.717) is 10.7 Å². The molecule has 2 rings (SSSR count). The first kappa shape index (κ1) is 27.1. The summed E-state index contributed by atoms with van der Waals surface area (Å²) in [6, 6.07) is 9.68. The van der Waals surface area contributed by atoms with Gasteiger partial charge in [-0.3, -0.25) is 9.69 Å². The molecule has 1 aliphatic heterocycles. The van der Waals surface area contributed by atoms with Crippen LogP contribution in [-0.2, 0) is 14.0 Å². The van der Waals surface area contributed by atoms with E-state index in [9.17, 15) is 4.79 Å². The molecule has 1 amide bonds. The van der Waals surface area contributed by atoms with Gasteiger partial charge in [-0.15, -0.1) is 0 Å². The molecule has 1 heterocycles. The van der Waals surface area contributed by atoms with Crippen molar-refractivity contribution in [3.8, 4) is 0 Å². The molecule has 1 aromatic rings. The van der Waals surface area contributed by atoms with Crippen molar-refractivity contribution in [2.45, 2.75) is 64.4 Å². The smallest absolute Gasteiger partial charge is 0.237 e. The van der Waals surface area contributed by atoms with Gasteiger partial charge < -0.3 is 9.16 Å². The molecule has 0 aliphatic carbocycles. The lowest BCUT2D eigenvalue weighted by Crippen LogP contribution is -2.63. The van der Waals surface area contributed by atoms with Gasteiger partial charge in [0.25, 0.3) is 0 Å². The van der Waals surface area contributed by atoms with Crippen LogP contribution >= 0.6 is 35.4 Å². The predicted molar refractivity (Wildman–Crippen MR) is 140 cm³/mol. The quantitative estimate of drug-likeness (QED) is 0.0940. The van der Waals surface area contributed by atoms with Crippen molar-refractivity contribution in [2.75, 3.05) is 6.61 Å². The number of β-lactam (4-membered cyclic amide) rings is 1. The lowest BCUT2D eigenvalue weighted by Gasteiger charge is -2.49. The fourth-order valence-corrected chi connectivity index (χ4v) is 5.62. The number of hydrogen-bond donors (Lipinski definition) is 0. The number of hydrogen-bond acceptors (Lipinski definition) is 4. The van der Waals surface area contributed by atoms with E-state index in [-0.39, 0.29) is 28.7 Å². The molecule has 1 aromatic carbocycles. The van der Waals surface area contributed by atoms with E-state index in [4.69, 9.17) is 44.6 Å². The summed E-state index contributed by atoms with van der Waals surface area (Å²) in [5.74, 6) is -0.590. The maximum atomic E-state index is 13.4. The molecular formula is C24H33Cl2NO3SSi. The van der Waals surface area contributed by atoms with Crippen molar-refractivity contribution < 1.29 is 14.0 Å². The molecule has 8 heteroatoms. The third-order valence-corrected chi connectivity index (χ3v) is 11.7. The Hall–Kier alpha value is -1.18. The maximum absolute atomic E-state index is 13.4. The Labute approximate surface area is 208 Å². The highest BCUT2D eigenvalue weighted by molar-refractivity contribution is 7.80. The summed E-state index contributed by atoms with van der Waals surface area (Å²) in [4.78, 5) is 14.9. The summed E-state index contributed by atoms with van der Waals surface area (Å²) < 4.78 is 12.1. The Morgan fingerprint density at radius 2 is 1.84 bits per heavy atom. The second-order valence-electron chi connectivity index (χ2n) is 9.62. The van der Waals surface area contributed by atoms with Crippen molar-refractivity contribution in [3.63, 3.8) is 0 Å². The van der Waals surface area contributed by atoms with Crippen LogP contribution in [0.5, 0.6) is 0 Å². The zero-order chi connectivity index (χ0) is 24.4. The highest BCUT2D eigenvalue weighted by Crippen LogP contribution is 2.43. The summed E-state index contributed by atoms with van der Waals surface area (Å²) in [7, 11) is -2.06. The lowest BCUT2D eigenvalue weighted by molar-refractivity contribution is -0.152. The number of nitrogens with zero attached hydrogens (tertiary/aromatic N) is 1. The minimum Gasteiger partial charge on any atom is -0.476 e. The van der Waals surface area contributed by atoms with Gasteiger partial charge in [0.05, 0.1) is 12.0 Å². The van der Waals surface area contributed by atoms with Crippen molar-refractivity contribution >= 4 is 60.3 Å². The number of carbonyl (C=O) groups excluding carboxylic acids is 1. The minimum atomic E-state index is -2.06. The van der Waals surface area contributed by atoms with E-state index in [1.807, 2.05) is 44.2 Å². The second-order valence-corrected chi connectivity index (χ2v) is 15.7. The first-order valence-corrected chi connectivity index (χ1v) is 14.7. The van der Waals surface area contributed by atoms with E-state index in [1.54, 1.807) is 0 Å². The molecule has 0 saturated carbocycles. The van der Waals surface area contributed by atoms with Gasteiger partial charge in [-0.2, -0.15) is 0 Å². The monoisotopic (exact) mass is 513 g/mol. The number of alkyl halides is 1. The Bertz CT molecular complexity index is 912. The Morgan fingerprint density at radius 3 is 2.31 bits per heavy atom. The van der Waals surface area contributed by atoms with Crippen LogP contribution in [0, 0.1) is 5.92 Å². The van der Waals surface area contributed by atoms with E-state index in [0.717, 1.165) is 11.1 Å². The van der Waals surface area contributed by atoms with Gasteiger partial charge in [-0.25, -0.2) is 0 Å². The molecule has 0 bridgehead atoms. The van der Waals surface area contributed by atoms with Gasteiger partial charge in [0.2, 0.25) is 11.0 Å². The van der Waals surface area contributed by atoms with Gasteiger partial charge >= 0.3 is 0 Å². The molecule has 176 valence electrons. The number of ether oxygens (including phenoxy) is 1. The van der Waals surface area contributed by atoms with Gasteiger partial charge in [0.15, 0.2) is 8.32 Å². The first-order chi connectivity index (χ1) is 14.7. The van der Waals surface area contributed by atoms with E-state index < -0.39 is 19.7 Å². The number of allylic oxidation sites excluding steroid dienone is 1. The zero-order valence-corrected chi connectivity index (χ0v) is 23.2. The van der Waals surface area contributed by atoms with Crippen molar-refractivity contribution in [1.82, 2.24) is 4.90 Å². The number of benzene rings is 1. The molecule has 0 aromatic heterocycles. The number of likely N-dealkylation sites (tertiary alicyclic amines) is 1. The fraction of sp³-hybridized carbons (Fsp3) is 0.500. The molecule has 0 radical (unpaired) electrons. The summed E-state index contributed by atoms with van der Waals surface area (Å²) >= 11 is 18.2. The van der Waals surface area contributed by atoms with Crippen LogP contribution in [0.4, 0.5) is 0 Å². The molecule has 1 fully saturated rings. The number of thiocarbonyl (C=S) groups is 1. The zero-order valence-electron chi connectivity index (χ0n) is 19.9. The SMILES string of the molecule is C=C(Cl)COC(=S)/C(=C(/C)c1ccccc1)N1C(=O)[C@H]([C@@H](C)O[Si](C)(C)C(C)(C)C)[C@H]1Cl. The number of rotatable bonds is 8. The standard InChI is InChI=1S/C24H33Cl2NO3SSi/c1-15(25)14-29-23(31)20(16(2)18-12-10-9-11-13-18)27-21(26)19(22(27)28)17(3)30-32(7,8)24(4,5)6/h9-13,17,19,21H,1,14H2,2-8H3/b20-16+/t17-,19-,21+/m1/s1. The fourth-order valence-electron chi connectivity index (χ4n) is 3.32.